The van der Waals surface area contributed by atoms with E-state index < -0.39 is 5.54 Å². The summed E-state index contributed by atoms with van der Waals surface area (Å²) < 4.78 is 0. The van der Waals surface area contributed by atoms with Crippen molar-refractivity contribution in [2.75, 3.05) is 26.2 Å². The Morgan fingerprint density at radius 3 is 2.44 bits per heavy atom. The van der Waals surface area contributed by atoms with Gasteiger partial charge in [-0.15, -0.1) is 0 Å². The lowest BCUT2D eigenvalue weighted by Gasteiger charge is -2.40. The first-order chi connectivity index (χ1) is 8.34. The van der Waals surface area contributed by atoms with Crippen LogP contribution in [0, 0.1) is 0 Å². The highest BCUT2D eigenvalue weighted by molar-refractivity contribution is 5.85. The van der Waals surface area contributed by atoms with Gasteiger partial charge in [0.1, 0.15) is 0 Å². The third-order valence-corrected chi connectivity index (χ3v) is 3.54. The Morgan fingerprint density at radius 1 is 1.39 bits per heavy atom. The summed E-state index contributed by atoms with van der Waals surface area (Å²) in [6.07, 6.45) is 0.200. The number of nitrogens with zero attached hydrogens (tertiary/aromatic N) is 1. The second-order valence-electron chi connectivity index (χ2n) is 5.76. The molecule has 1 fully saturated rings. The molecule has 0 bridgehead atoms. The van der Waals surface area contributed by atoms with Crippen molar-refractivity contribution in [1.82, 2.24) is 15.5 Å². The van der Waals surface area contributed by atoms with E-state index in [1.807, 2.05) is 20.8 Å². The molecule has 1 aliphatic heterocycles. The Bertz CT molecular complexity index is 273. The molecule has 0 aromatic rings. The van der Waals surface area contributed by atoms with Crippen molar-refractivity contribution in [3.63, 3.8) is 0 Å². The second kappa shape index (κ2) is 6.50. The van der Waals surface area contributed by atoms with Gasteiger partial charge in [-0.1, -0.05) is 0 Å². The summed E-state index contributed by atoms with van der Waals surface area (Å²) in [7, 11) is 0. The number of hydrogen-bond acceptors (Lipinski definition) is 4. The smallest absolute Gasteiger partial charge is 0.240 e. The molecule has 1 heterocycles. The number of rotatable bonds is 5. The van der Waals surface area contributed by atoms with Crippen LogP contribution in [-0.4, -0.2) is 59.8 Å². The molecule has 0 spiro atoms. The first-order valence-electron chi connectivity index (χ1n) is 6.79. The molecule has 0 aliphatic carbocycles. The number of piperazine rings is 1. The van der Waals surface area contributed by atoms with Gasteiger partial charge in [0, 0.05) is 32.2 Å². The van der Waals surface area contributed by atoms with Gasteiger partial charge in [-0.25, -0.2) is 0 Å². The fourth-order valence-electron chi connectivity index (χ4n) is 2.34. The third kappa shape index (κ3) is 4.23. The zero-order chi connectivity index (χ0) is 13.8. The Kier molecular flexibility index (Phi) is 5.56. The van der Waals surface area contributed by atoms with Crippen LogP contribution in [0.15, 0.2) is 0 Å². The number of hydrogen-bond donors (Lipinski definition) is 3. The van der Waals surface area contributed by atoms with E-state index in [1.165, 1.54) is 0 Å². The Hall–Kier alpha value is -0.650. The van der Waals surface area contributed by atoms with Gasteiger partial charge in [0.05, 0.1) is 11.6 Å². The molecular weight excluding hydrogens is 230 g/mol. The summed E-state index contributed by atoms with van der Waals surface area (Å²) in [6, 6.07) is -0.000287. The van der Waals surface area contributed by atoms with Crippen molar-refractivity contribution >= 4 is 5.91 Å². The highest BCUT2D eigenvalue weighted by atomic mass is 16.3. The van der Waals surface area contributed by atoms with E-state index in [9.17, 15) is 9.90 Å². The van der Waals surface area contributed by atoms with Crippen LogP contribution < -0.4 is 10.6 Å². The molecule has 3 N–H and O–H groups in total. The number of aliphatic hydroxyl groups is 1. The standard InChI is InChI=1S/C13H27N3O2/c1-10(9-11(2)17)15-12(18)13(3,4)16-7-5-14-6-8-16/h10-11,14,17H,5-9H2,1-4H3,(H,15,18). The molecule has 0 aromatic carbocycles. The SMILES string of the molecule is CC(O)CC(C)NC(=O)C(C)(C)N1CCNCC1. The number of carbonyl (C=O) groups is 1. The molecule has 5 heteroatoms. The minimum absolute atomic E-state index is 0.000287. The van der Waals surface area contributed by atoms with Crippen molar-refractivity contribution in [3.8, 4) is 0 Å². The van der Waals surface area contributed by atoms with Crippen molar-refractivity contribution in [2.45, 2.75) is 51.8 Å². The van der Waals surface area contributed by atoms with Crippen LogP contribution in [0.5, 0.6) is 0 Å². The van der Waals surface area contributed by atoms with Crippen LogP contribution in [0.1, 0.15) is 34.1 Å². The number of carbonyl (C=O) groups excluding carboxylic acids is 1. The monoisotopic (exact) mass is 257 g/mol. The molecule has 1 rings (SSSR count). The number of aliphatic hydroxyl groups excluding tert-OH is 1. The first kappa shape index (κ1) is 15.4. The number of nitrogens with one attached hydrogen (secondary N) is 2. The van der Waals surface area contributed by atoms with E-state index in [0.717, 1.165) is 26.2 Å². The predicted octanol–water partition coefficient (Wildman–Crippen LogP) is -0.0542. The molecule has 18 heavy (non-hydrogen) atoms. The summed E-state index contributed by atoms with van der Waals surface area (Å²) in [5.74, 6) is 0.0394. The Labute approximate surface area is 110 Å². The van der Waals surface area contributed by atoms with Crippen molar-refractivity contribution in [3.05, 3.63) is 0 Å². The lowest BCUT2D eigenvalue weighted by Crippen LogP contribution is -2.61. The highest BCUT2D eigenvalue weighted by Crippen LogP contribution is 2.15. The molecule has 1 saturated heterocycles. The van der Waals surface area contributed by atoms with Gasteiger partial charge in [-0.05, 0) is 34.1 Å². The van der Waals surface area contributed by atoms with Crippen molar-refractivity contribution < 1.29 is 9.90 Å². The quantitative estimate of drug-likeness (QED) is 0.646. The number of amides is 1. The van der Waals surface area contributed by atoms with Gasteiger partial charge >= 0.3 is 0 Å². The fraction of sp³-hybridized carbons (Fsp3) is 0.923. The maximum atomic E-state index is 12.3. The average molecular weight is 257 g/mol. The van der Waals surface area contributed by atoms with Crippen LogP contribution in [0.25, 0.3) is 0 Å². The van der Waals surface area contributed by atoms with Crippen LogP contribution in [0.2, 0.25) is 0 Å². The van der Waals surface area contributed by atoms with Gasteiger partial charge in [0.2, 0.25) is 5.91 Å². The van der Waals surface area contributed by atoms with E-state index in [1.54, 1.807) is 6.92 Å². The molecule has 0 saturated carbocycles. The minimum atomic E-state index is -0.491. The minimum Gasteiger partial charge on any atom is -0.393 e. The molecule has 2 unspecified atom stereocenters. The maximum Gasteiger partial charge on any atom is 0.240 e. The van der Waals surface area contributed by atoms with Gasteiger partial charge in [0.25, 0.3) is 0 Å². The summed E-state index contributed by atoms with van der Waals surface area (Å²) in [5.41, 5.74) is -0.491. The molecule has 2 atom stereocenters. The first-order valence-corrected chi connectivity index (χ1v) is 6.79. The van der Waals surface area contributed by atoms with Crippen LogP contribution in [0.3, 0.4) is 0 Å². The van der Waals surface area contributed by atoms with Crippen molar-refractivity contribution in [2.24, 2.45) is 0 Å². The van der Waals surface area contributed by atoms with Gasteiger partial charge < -0.3 is 15.7 Å². The fourth-order valence-corrected chi connectivity index (χ4v) is 2.34. The highest BCUT2D eigenvalue weighted by Gasteiger charge is 2.35. The summed E-state index contributed by atoms with van der Waals surface area (Å²) >= 11 is 0. The molecule has 106 valence electrons. The summed E-state index contributed by atoms with van der Waals surface area (Å²) in [6.45, 7) is 11.2. The Morgan fingerprint density at radius 2 is 1.94 bits per heavy atom. The molecule has 1 aliphatic rings. The topological polar surface area (TPSA) is 64.6 Å². The lowest BCUT2D eigenvalue weighted by atomic mass is 9.99. The molecule has 0 radical (unpaired) electrons. The lowest BCUT2D eigenvalue weighted by molar-refractivity contribution is -0.132. The summed E-state index contributed by atoms with van der Waals surface area (Å²) in [5, 5.41) is 15.6. The van der Waals surface area contributed by atoms with Crippen LogP contribution >= 0.6 is 0 Å². The summed E-state index contributed by atoms with van der Waals surface area (Å²) in [4.78, 5) is 14.5. The average Bonchev–Trinajstić information content (AvgIpc) is 2.28. The van der Waals surface area contributed by atoms with Crippen molar-refractivity contribution in [1.29, 1.82) is 0 Å². The van der Waals surface area contributed by atoms with Gasteiger partial charge in [0.15, 0.2) is 0 Å². The second-order valence-corrected chi connectivity index (χ2v) is 5.76. The predicted molar refractivity (Wildman–Crippen MR) is 72.4 cm³/mol. The van der Waals surface area contributed by atoms with Gasteiger partial charge in [-0.3, -0.25) is 9.69 Å². The molecule has 5 nitrogen and oxygen atoms in total. The zero-order valence-electron chi connectivity index (χ0n) is 12.0. The van der Waals surface area contributed by atoms with E-state index in [4.69, 9.17) is 0 Å². The maximum absolute atomic E-state index is 12.3. The van der Waals surface area contributed by atoms with E-state index in [2.05, 4.69) is 15.5 Å². The van der Waals surface area contributed by atoms with E-state index in [0.29, 0.717) is 6.42 Å². The zero-order valence-corrected chi connectivity index (χ0v) is 12.0. The Balaban J connectivity index is 2.52. The van der Waals surface area contributed by atoms with E-state index in [-0.39, 0.29) is 18.1 Å². The van der Waals surface area contributed by atoms with Gasteiger partial charge in [-0.2, -0.15) is 0 Å². The van der Waals surface area contributed by atoms with Crippen LogP contribution in [0.4, 0.5) is 0 Å². The van der Waals surface area contributed by atoms with E-state index >= 15 is 0 Å². The largest absolute Gasteiger partial charge is 0.393 e. The molecule has 1 amide bonds. The third-order valence-electron chi connectivity index (χ3n) is 3.54. The normalized spacial score (nSPS) is 21.4. The van der Waals surface area contributed by atoms with Crippen LogP contribution in [-0.2, 0) is 4.79 Å². The molecular formula is C13H27N3O2. The molecule has 0 aromatic heterocycles.